The molecule has 3 rings (SSSR count). The Bertz CT molecular complexity index is 653. The first-order valence-electron chi connectivity index (χ1n) is 7.31. The zero-order chi connectivity index (χ0) is 16.3. The van der Waals surface area contributed by atoms with Crippen LogP contribution in [0, 0.1) is 0 Å². The van der Waals surface area contributed by atoms with Crippen molar-refractivity contribution >= 4 is 23.2 Å². The number of aliphatic hydroxyl groups excluding tert-OH is 1. The monoisotopic (exact) mass is 357 g/mol. The Kier molecular flexibility index (Phi) is 5.18. The van der Waals surface area contributed by atoms with Crippen molar-refractivity contribution in [3.8, 4) is 0 Å². The lowest BCUT2D eigenvalue weighted by atomic mass is 9.90. The minimum Gasteiger partial charge on any atom is -0.394 e. The highest BCUT2D eigenvalue weighted by atomic mass is 35.5. The van der Waals surface area contributed by atoms with Crippen molar-refractivity contribution in [2.24, 2.45) is 0 Å². The molecule has 8 heteroatoms. The van der Waals surface area contributed by atoms with Crippen LogP contribution < -0.4 is 0 Å². The summed E-state index contributed by atoms with van der Waals surface area (Å²) in [6.45, 7) is 0.656. The van der Waals surface area contributed by atoms with Gasteiger partial charge in [0.25, 0.3) is 0 Å². The lowest BCUT2D eigenvalue weighted by molar-refractivity contribution is -0.180. The highest BCUT2D eigenvalue weighted by Gasteiger charge is 2.44. The average Bonchev–Trinajstić information content (AvgIpc) is 3.16. The molecule has 1 N–H and O–H groups in total. The van der Waals surface area contributed by atoms with Gasteiger partial charge in [0.15, 0.2) is 6.29 Å². The van der Waals surface area contributed by atoms with Crippen LogP contribution in [0.1, 0.15) is 18.4 Å². The fraction of sp³-hybridized carbons (Fsp3) is 0.467. The maximum atomic E-state index is 8.92. The molecule has 1 aromatic heterocycles. The minimum absolute atomic E-state index is 0.0440. The van der Waals surface area contributed by atoms with E-state index in [2.05, 4.69) is 10.1 Å². The van der Waals surface area contributed by atoms with Gasteiger partial charge in [-0.2, -0.15) is 5.10 Å². The van der Waals surface area contributed by atoms with Gasteiger partial charge >= 0.3 is 0 Å². The second-order valence-electron chi connectivity index (χ2n) is 5.39. The molecule has 2 aromatic rings. The highest BCUT2D eigenvalue weighted by Crippen LogP contribution is 2.44. The van der Waals surface area contributed by atoms with Crippen LogP contribution in [0.4, 0.5) is 0 Å². The van der Waals surface area contributed by atoms with E-state index in [0.29, 0.717) is 29.4 Å². The predicted molar refractivity (Wildman–Crippen MR) is 85.3 cm³/mol. The maximum absolute atomic E-state index is 8.92. The largest absolute Gasteiger partial charge is 0.394 e. The number of halogens is 2. The second-order valence-corrected chi connectivity index (χ2v) is 6.24. The number of hydrogen-bond acceptors (Lipinski definition) is 5. The fourth-order valence-corrected chi connectivity index (χ4v) is 3.44. The van der Waals surface area contributed by atoms with Crippen LogP contribution in [-0.2, 0) is 21.6 Å². The Hall–Kier alpha value is -1.18. The summed E-state index contributed by atoms with van der Waals surface area (Å²) in [6.07, 6.45) is 4.14. The third kappa shape index (κ3) is 3.67. The van der Waals surface area contributed by atoms with Gasteiger partial charge in [-0.3, -0.25) is 0 Å². The number of ether oxygens (including phenoxy) is 2. The van der Waals surface area contributed by atoms with Gasteiger partial charge in [-0.1, -0.05) is 29.3 Å². The number of hydrogen-bond donors (Lipinski definition) is 1. The number of rotatable bonds is 6. The van der Waals surface area contributed by atoms with Crippen LogP contribution in [0.5, 0.6) is 0 Å². The highest BCUT2D eigenvalue weighted by molar-refractivity contribution is 6.35. The average molecular weight is 358 g/mol. The molecule has 1 aliphatic heterocycles. The van der Waals surface area contributed by atoms with Crippen molar-refractivity contribution in [1.82, 2.24) is 14.8 Å². The Balaban J connectivity index is 1.91. The molecule has 0 aliphatic carbocycles. The van der Waals surface area contributed by atoms with Gasteiger partial charge in [-0.15, -0.1) is 0 Å². The van der Waals surface area contributed by atoms with Crippen LogP contribution in [-0.4, -0.2) is 39.4 Å². The van der Waals surface area contributed by atoms with Crippen molar-refractivity contribution in [3.63, 3.8) is 0 Å². The predicted octanol–water partition coefficient (Wildman–Crippen LogP) is 2.63. The number of aromatic nitrogens is 3. The smallest absolute Gasteiger partial charge is 0.159 e. The molecule has 2 heterocycles. The number of benzene rings is 1. The molecule has 2 atom stereocenters. The summed E-state index contributed by atoms with van der Waals surface area (Å²) in [5.74, 6) is 0. The molecule has 0 amide bonds. The Morgan fingerprint density at radius 3 is 3.00 bits per heavy atom. The third-order valence-electron chi connectivity index (χ3n) is 3.84. The van der Waals surface area contributed by atoms with E-state index in [0.717, 1.165) is 5.56 Å². The lowest BCUT2D eigenvalue weighted by Gasteiger charge is -2.30. The van der Waals surface area contributed by atoms with E-state index in [1.54, 1.807) is 23.1 Å². The molecule has 1 saturated heterocycles. The summed E-state index contributed by atoms with van der Waals surface area (Å²) in [5.41, 5.74) is 0.171. The van der Waals surface area contributed by atoms with Crippen LogP contribution in [0.2, 0.25) is 10.0 Å². The number of aliphatic hydroxyl groups is 1. The zero-order valence-corrected chi connectivity index (χ0v) is 13.9. The molecule has 124 valence electrons. The van der Waals surface area contributed by atoms with E-state index >= 15 is 0 Å². The lowest BCUT2D eigenvalue weighted by Crippen LogP contribution is -2.33. The van der Waals surface area contributed by atoms with E-state index in [-0.39, 0.29) is 13.2 Å². The third-order valence-corrected chi connectivity index (χ3v) is 4.39. The molecule has 0 spiro atoms. The van der Waals surface area contributed by atoms with E-state index in [9.17, 15) is 0 Å². The summed E-state index contributed by atoms with van der Waals surface area (Å²) in [5, 5.41) is 14.2. The van der Waals surface area contributed by atoms with E-state index in [4.69, 9.17) is 37.8 Å². The van der Waals surface area contributed by atoms with Crippen molar-refractivity contribution < 1.29 is 14.6 Å². The summed E-state index contributed by atoms with van der Waals surface area (Å²) in [6, 6.07) is 5.36. The molecule has 2 unspecified atom stereocenters. The van der Waals surface area contributed by atoms with Crippen LogP contribution in [0.3, 0.4) is 0 Å². The van der Waals surface area contributed by atoms with Crippen molar-refractivity contribution in [3.05, 3.63) is 46.5 Å². The summed E-state index contributed by atoms with van der Waals surface area (Å²) < 4.78 is 13.4. The first-order chi connectivity index (χ1) is 11.1. The molecule has 1 aliphatic rings. The molecule has 1 aromatic carbocycles. The Labute approximate surface area is 143 Å². The molecule has 0 radical (unpaired) electrons. The summed E-state index contributed by atoms with van der Waals surface area (Å²) in [4.78, 5) is 3.97. The van der Waals surface area contributed by atoms with Crippen LogP contribution >= 0.6 is 23.2 Å². The summed E-state index contributed by atoms with van der Waals surface area (Å²) >= 11 is 12.4. The van der Waals surface area contributed by atoms with E-state index < -0.39 is 11.9 Å². The van der Waals surface area contributed by atoms with Crippen molar-refractivity contribution in [2.75, 3.05) is 13.2 Å². The Morgan fingerprint density at radius 1 is 1.43 bits per heavy atom. The molecular weight excluding hydrogens is 341 g/mol. The van der Waals surface area contributed by atoms with E-state index in [1.165, 1.54) is 6.33 Å². The first kappa shape index (κ1) is 16.7. The van der Waals surface area contributed by atoms with Gasteiger partial charge < -0.3 is 14.6 Å². The molecular formula is C15H17Cl2N3O3. The van der Waals surface area contributed by atoms with Gasteiger partial charge in [0.05, 0.1) is 19.8 Å². The second kappa shape index (κ2) is 7.15. The van der Waals surface area contributed by atoms with Gasteiger partial charge in [0, 0.05) is 22.0 Å². The van der Waals surface area contributed by atoms with Crippen molar-refractivity contribution in [2.45, 2.75) is 31.3 Å². The zero-order valence-electron chi connectivity index (χ0n) is 12.4. The first-order valence-corrected chi connectivity index (χ1v) is 8.07. The molecule has 6 nitrogen and oxygen atoms in total. The normalized spacial score (nSPS) is 24.2. The van der Waals surface area contributed by atoms with Crippen LogP contribution in [0.15, 0.2) is 30.9 Å². The SMILES string of the molecule is OCCOC1CCC(Cn2cncn2)(c2ccc(Cl)cc2Cl)O1. The summed E-state index contributed by atoms with van der Waals surface area (Å²) in [7, 11) is 0. The van der Waals surface area contributed by atoms with Gasteiger partial charge in [0.2, 0.25) is 0 Å². The number of nitrogens with zero attached hydrogens (tertiary/aromatic N) is 3. The molecule has 23 heavy (non-hydrogen) atoms. The van der Waals surface area contributed by atoms with E-state index in [1.807, 2.05) is 6.07 Å². The van der Waals surface area contributed by atoms with Gasteiger partial charge in [-0.25, -0.2) is 9.67 Å². The molecule has 0 bridgehead atoms. The standard InChI is InChI=1S/C15H17Cl2N3O3/c16-11-1-2-12(13(17)7-11)15(8-20-10-18-9-19-20)4-3-14(23-15)22-6-5-21/h1-2,7,9-10,14,21H,3-6,8H2. The van der Waals surface area contributed by atoms with Crippen molar-refractivity contribution in [1.29, 1.82) is 0 Å². The van der Waals surface area contributed by atoms with Gasteiger partial charge in [-0.05, 0) is 18.6 Å². The quantitative estimate of drug-likeness (QED) is 0.860. The molecule has 0 saturated carbocycles. The maximum Gasteiger partial charge on any atom is 0.159 e. The van der Waals surface area contributed by atoms with Gasteiger partial charge in [0.1, 0.15) is 18.3 Å². The topological polar surface area (TPSA) is 69.4 Å². The fourth-order valence-electron chi connectivity index (χ4n) is 2.86. The van der Waals surface area contributed by atoms with Crippen LogP contribution in [0.25, 0.3) is 0 Å². The molecule has 1 fully saturated rings. The Morgan fingerprint density at radius 2 is 2.30 bits per heavy atom. The minimum atomic E-state index is -0.671.